The van der Waals surface area contributed by atoms with Crippen LogP contribution in [0.5, 0.6) is 0 Å². The molecular weight excluding hydrogens is 290 g/mol. The summed E-state index contributed by atoms with van der Waals surface area (Å²) in [7, 11) is 0. The molecule has 0 unspecified atom stereocenters. The smallest absolute Gasteiger partial charge is 0.238 e. The first-order valence-corrected chi connectivity index (χ1v) is 8.17. The highest BCUT2D eigenvalue weighted by Gasteiger charge is 2.17. The fourth-order valence-corrected chi connectivity index (χ4v) is 3.00. The Kier molecular flexibility index (Phi) is 4.88. The topological polar surface area (TPSA) is 54.5 Å². The van der Waals surface area contributed by atoms with E-state index in [4.69, 9.17) is 9.72 Å². The second-order valence-corrected chi connectivity index (χ2v) is 5.87. The van der Waals surface area contributed by atoms with E-state index in [0.717, 1.165) is 47.4 Å². The van der Waals surface area contributed by atoms with Crippen molar-refractivity contribution in [3.63, 3.8) is 0 Å². The highest BCUT2D eigenvalue weighted by Crippen LogP contribution is 2.28. The Labute approximate surface area is 136 Å². The third-order valence-corrected chi connectivity index (χ3v) is 4.31. The average Bonchev–Trinajstić information content (AvgIpc) is 2.58. The Morgan fingerprint density at radius 2 is 2.04 bits per heavy atom. The minimum Gasteiger partial charge on any atom is -0.379 e. The van der Waals surface area contributed by atoms with Gasteiger partial charge in [0.2, 0.25) is 5.91 Å². The number of aryl methyl sites for hydroxylation is 1. The highest BCUT2D eigenvalue weighted by atomic mass is 16.5. The average molecular weight is 313 g/mol. The van der Waals surface area contributed by atoms with Crippen molar-refractivity contribution in [3.8, 4) is 0 Å². The van der Waals surface area contributed by atoms with Crippen molar-refractivity contribution in [2.75, 3.05) is 38.2 Å². The summed E-state index contributed by atoms with van der Waals surface area (Å²) in [5.41, 5.74) is 3.91. The van der Waals surface area contributed by atoms with Crippen molar-refractivity contribution in [3.05, 3.63) is 35.5 Å². The van der Waals surface area contributed by atoms with E-state index >= 15 is 0 Å². The SMILES string of the molecule is CCc1nc2ccccc2c(NC(=O)CN2CCOCC2)c1C. The molecule has 1 aromatic carbocycles. The quantitative estimate of drug-likeness (QED) is 0.941. The lowest BCUT2D eigenvalue weighted by molar-refractivity contribution is -0.118. The number of anilines is 1. The minimum absolute atomic E-state index is 0.0217. The molecule has 23 heavy (non-hydrogen) atoms. The summed E-state index contributed by atoms with van der Waals surface area (Å²) >= 11 is 0. The maximum Gasteiger partial charge on any atom is 0.238 e. The number of hydrogen-bond donors (Lipinski definition) is 1. The van der Waals surface area contributed by atoms with Crippen molar-refractivity contribution in [1.29, 1.82) is 0 Å². The number of aromatic nitrogens is 1. The molecule has 1 aliphatic heterocycles. The summed E-state index contributed by atoms with van der Waals surface area (Å²) < 4.78 is 5.32. The Hall–Kier alpha value is -1.98. The molecule has 5 heteroatoms. The van der Waals surface area contributed by atoms with Gasteiger partial charge < -0.3 is 10.1 Å². The van der Waals surface area contributed by atoms with Crippen LogP contribution in [0.1, 0.15) is 18.2 Å². The first kappa shape index (κ1) is 15.9. The van der Waals surface area contributed by atoms with Crippen LogP contribution >= 0.6 is 0 Å². The van der Waals surface area contributed by atoms with Crippen LogP contribution in [0, 0.1) is 6.92 Å². The van der Waals surface area contributed by atoms with Crippen molar-refractivity contribution in [2.45, 2.75) is 20.3 Å². The van der Waals surface area contributed by atoms with Gasteiger partial charge in [0, 0.05) is 24.2 Å². The summed E-state index contributed by atoms with van der Waals surface area (Å²) in [6, 6.07) is 7.96. The second-order valence-electron chi connectivity index (χ2n) is 5.87. The van der Waals surface area contributed by atoms with E-state index in [0.29, 0.717) is 19.8 Å². The molecule has 2 aromatic rings. The first-order valence-electron chi connectivity index (χ1n) is 8.17. The van der Waals surface area contributed by atoms with Crippen LogP contribution < -0.4 is 5.32 Å². The fraction of sp³-hybridized carbons (Fsp3) is 0.444. The van der Waals surface area contributed by atoms with Crippen LogP contribution in [-0.2, 0) is 16.0 Å². The maximum absolute atomic E-state index is 12.5. The first-order chi connectivity index (χ1) is 11.2. The van der Waals surface area contributed by atoms with Gasteiger partial charge in [-0.2, -0.15) is 0 Å². The molecule has 122 valence electrons. The molecule has 0 aliphatic carbocycles. The zero-order valence-corrected chi connectivity index (χ0v) is 13.8. The van der Waals surface area contributed by atoms with Gasteiger partial charge >= 0.3 is 0 Å². The van der Waals surface area contributed by atoms with E-state index in [-0.39, 0.29) is 5.91 Å². The number of fused-ring (bicyclic) bond motifs is 1. The molecule has 1 aliphatic rings. The lowest BCUT2D eigenvalue weighted by Gasteiger charge is -2.26. The van der Waals surface area contributed by atoms with Crippen LogP contribution in [0.2, 0.25) is 0 Å². The maximum atomic E-state index is 12.5. The molecule has 0 spiro atoms. The third kappa shape index (κ3) is 3.51. The monoisotopic (exact) mass is 313 g/mol. The fourth-order valence-electron chi connectivity index (χ4n) is 3.00. The zero-order valence-electron chi connectivity index (χ0n) is 13.8. The van der Waals surface area contributed by atoms with Crippen LogP contribution in [0.4, 0.5) is 5.69 Å². The molecular formula is C18H23N3O2. The normalized spacial score (nSPS) is 15.7. The van der Waals surface area contributed by atoms with Gasteiger partial charge in [-0.3, -0.25) is 14.7 Å². The van der Waals surface area contributed by atoms with Crippen molar-refractivity contribution in [1.82, 2.24) is 9.88 Å². The van der Waals surface area contributed by atoms with Gasteiger partial charge in [0.25, 0.3) is 0 Å². The van der Waals surface area contributed by atoms with Gasteiger partial charge in [-0.05, 0) is 25.0 Å². The van der Waals surface area contributed by atoms with E-state index in [1.54, 1.807) is 0 Å². The molecule has 1 aromatic heterocycles. The third-order valence-electron chi connectivity index (χ3n) is 4.31. The zero-order chi connectivity index (χ0) is 16.2. The van der Waals surface area contributed by atoms with Crippen LogP contribution in [0.3, 0.4) is 0 Å². The number of carbonyl (C=O) groups is 1. The molecule has 5 nitrogen and oxygen atoms in total. The number of amides is 1. The summed E-state index contributed by atoms with van der Waals surface area (Å²) in [6.07, 6.45) is 0.850. The van der Waals surface area contributed by atoms with Gasteiger partial charge in [0.15, 0.2) is 0 Å². The molecule has 1 N–H and O–H groups in total. The van der Waals surface area contributed by atoms with E-state index in [9.17, 15) is 4.79 Å². The molecule has 0 saturated carbocycles. The van der Waals surface area contributed by atoms with E-state index < -0.39 is 0 Å². The number of ether oxygens (including phenoxy) is 1. The lowest BCUT2D eigenvalue weighted by atomic mass is 10.1. The highest BCUT2D eigenvalue weighted by molar-refractivity contribution is 6.03. The molecule has 0 atom stereocenters. The van der Waals surface area contributed by atoms with Crippen LogP contribution in [0.25, 0.3) is 10.9 Å². The van der Waals surface area contributed by atoms with Gasteiger partial charge in [-0.25, -0.2) is 0 Å². The van der Waals surface area contributed by atoms with Crippen molar-refractivity contribution >= 4 is 22.5 Å². The van der Waals surface area contributed by atoms with Crippen LogP contribution in [0.15, 0.2) is 24.3 Å². The van der Waals surface area contributed by atoms with Crippen LogP contribution in [-0.4, -0.2) is 48.6 Å². The number of pyridine rings is 1. The minimum atomic E-state index is 0.0217. The molecule has 1 fully saturated rings. The molecule has 3 rings (SSSR count). The Morgan fingerprint density at radius 3 is 2.78 bits per heavy atom. The molecule has 1 saturated heterocycles. The van der Waals surface area contributed by atoms with Crippen molar-refractivity contribution < 1.29 is 9.53 Å². The van der Waals surface area contributed by atoms with Crippen molar-refractivity contribution in [2.24, 2.45) is 0 Å². The number of nitrogens with one attached hydrogen (secondary N) is 1. The number of benzene rings is 1. The Balaban J connectivity index is 1.86. The molecule has 1 amide bonds. The summed E-state index contributed by atoms with van der Waals surface area (Å²) in [6.45, 7) is 7.54. The Bertz CT molecular complexity index is 709. The molecule has 0 radical (unpaired) electrons. The van der Waals surface area contributed by atoms with Gasteiger partial charge in [-0.1, -0.05) is 25.1 Å². The largest absolute Gasteiger partial charge is 0.379 e. The summed E-state index contributed by atoms with van der Waals surface area (Å²) in [5, 5.41) is 4.11. The van der Waals surface area contributed by atoms with Gasteiger partial charge in [-0.15, -0.1) is 0 Å². The predicted octanol–water partition coefficient (Wildman–Crippen LogP) is 2.38. The number of para-hydroxylation sites is 1. The van der Waals surface area contributed by atoms with E-state index in [1.165, 1.54) is 0 Å². The molecule has 0 bridgehead atoms. The predicted molar refractivity (Wildman–Crippen MR) is 91.7 cm³/mol. The van der Waals surface area contributed by atoms with E-state index in [2.05, 4.69) is 17.1 Å². The number of rotatable bonds is 4. The lowest BCUT2D eigenvalue weighted by Crippen LogP contribution is -2.41. The van der Waals surface area contributed by atoms with E-state index in [1.807, 2.05) is 31.2 Å². The Morgan fingerprint density at radius 1 is 1.30 bits per heavy atom. The number of hydrogen-bond acceptors (Lipinski definition) is 4. The van der Waals surface area contributed by atoms with Gasteiger partial charge in [0.1, 0.15) is 0 Å². The summed E-state index contributed by atoms with van der Waals surface area (Å²) in [4.78, 5) is 19.3. The summed E-state index contributed by atoms with van der Waals surface area (Å²) in [5.74, 6) is 0.0217. The number of carbonyl (C=O) groups excluding carboxylic acids is 1. The standard InChI is InChI=1S/C18H23N3O2/c1-3-15-13(2)18(14-6-4-5-7-16(14)19-15)20-17(22)12-21-8-10-23-11-9-21/h4-7H,3,8-12H2,1-2H3,(H,19,20,22). The number of morpholine rings is 1. The van der Waals surface area contributed by atoms with Gasteiger partial charge in [0.05, 0.1) is 31.0 Å². The number of nitrogens with zero attached hydrogens (tertiary/aromatic N) is 2. The second kappa shape index (κ2) is 7.06. The molecule has 2 heterocycles.